The van der Waals surface area contributed by atoms with Gasteiger partial charge in [0.2, 0.25) is 0 Å². The van der Waals surface area contributed by atoms with Gasteiger partial charge in [0.1, 0.15) is 16.5 Å². The number of carbonyl (C=O) groups excluding carboxylic acids is 1. The molecular formula is C17H16Cl2N6OS. The first-order valence-electron chi connectivity index (χ1n) is 8.35. The van der Waals surface area contributed by atoms with E-state index in [1.807, 2.05) is 25.3 Å². The van der Waals surface area contributed by atoms with Crippen molar-refractivity contribution in [1.82, 2.24) is 24.6 Å². The second-order valence-electron chi connectivity index (χ2n) is 6.15. The molecule has 0 aromatic carbocycles. The quantitative estimate of drug-likeness (QED) is 0.647. The Hall–Kier alpha value is -2.16. The Labute approximate surface area is 170 Å². The van der Waals surface area contributed by atoms with Crippen LogP contribution in [-0.4, -0.2) is 56.7 Å². The number of hydrogen-bond donors (Lipinski definition) is 0. The third-order valence-corrected chi connectivity index (χ3v) is 5.86. The summed E-state index contributed by atoms with van der Waals surface area (Å²) in [7, 11) is 0. The van der Waals surface area contributed by atoms with Crippen molar-refractivity contribution in [2.75, 3.05) is 31.1 Å². The molecule has 3 aromatic rings. The van der Waals surface area contributed by atoms with E-state index in [4.69, 9.17) is 23.2 Å². The maximum absolute atomic E-state index is 12.7. The molecule has 1 fully saturated rings. The van der Waals surface area contributed by atoms with Crippen LogP contribution in [0.4, 0.5) is 5.82 Å². The number of anilines is 1. The lowest BCUT2D eigenvalue weighted by Gasteiger charge is -2.35. The van der Waals surface area contributed by atoms with E-state index < -0.39 is 0 Å². The molecule has 0 N–H and O–H groups in total. The molecule has 27 heavy (non-hydrogen) atoms. The number of aromatic nitrogens is 4. The highest BCUT2D eigenvalue weighted by molar-refractivity contribution is 7.20. The molecule has 4 rings (SSSR count). The molecule has 1 amide bonds. The van der Waals surface area contributed by atoms with Crippen molar-refractivity contribution in [1.29, 1.82) is 0 Å². The molecule has 0 aliphatic carbocycles. The number of hydrogen-bond acceptors (Lipinski definition) is 6. The van der Waals surface area contributed by atoms with Crippen molar-refractivity contribution in [2.24, 2.45) is 0 Å². The molecule has 3 aromatic heterocycles. The Morgan fingerprint density at radius 1 is 1.11 bits per heavy atom. The Kier molecular flexibility index (Phi) is 5.03. The predicted octanol–water partition coefficient (Wildman–Crippen LogP) is 3.30. The standard InChI is InChI=1S/C17H16Cl2N6OS/c1-11-2-3-25(22-11)15-9-14(20-10-21-15)23-4-6-24(7-5-23)17(26)12-8-13(18)27-16(12)19/h2-3,8-10H,4-7H2,1H3. The van der Waals surface area contributed by atoms with Gasteiger partial charge in [-0.05, 0) is 19.1 Å². The average Bonchev–Trinajstić information content (AvgIpc) is 3.26. The van der Waals surface area contributed by atoms with Gasteiger partial charge in [-0.3, -0.25) is 4.79 Å². The van der Waals surface area contributed by atoms with Crippen LogP contribution in [-0.2, 0) is 0 Å². The first-order chi connectivity index (χ1) is 13.0. The molecule has 1 aliphatic rings. The Bertz CT molecular complexity index is 979. The average molecular weight is 423 g/mol. The molecule has 0 spiro atoms. The minimum atomic E-state index is -0.0850. The lowest BCUT2D eigenvalue weighted by atomic mass is 10.2. The molecule has 7 nitrogen and oxygen atoms in total. The second kappa shape index (κ2) is 7.46. The van der Waals surface area contributed by atoms with Crippen LogP contribution in [0.15, 0.2) is 30.7 Å². The zero-order chi connectivity index (χ0) is 19.0. The number of amides is 1. The van der Waals surface area contributed by atoms with Crippen LogP contribution in [0.2, 0.25) is 8.67 Å². The van der Waals surface area contributed by atoms with Gasteiger partial charge in [-0.15, -0.1) is 11.3 Å². The molecule has 1 saturated heterocycles. The van der Waals surface area contributed by atoms with E-state index in [1.54, 1.807) is 15.6 Å². The topological polar surface area (TPSA) is 67.2 Å². The molecule has 4 heterocycles. The number of aryl methyl sites for hydroxylation is 1. The smallest absolute Gasteiger partial charge is 0.256 e. The normalized spacial score (nSPS) is 14.6. The molecule has 140 valence electrons. The number of rotatable bonds is 3. The van der Waals surface area contributed by atoms with E-state index >= 15 is 0 Å². The fourth-order valence-corrected chi connectivity index (χ4v) is 4.42. The van der Waals surface area contributed by atoms with Gasteiger partial charge in [0.15, 0.2) is 5.82 Å². The number of halogens is 2. The molecule has 0 radical (unpaired) electrons. The van der Waals surface area contributed by atoms with Gasteiger partial charge in [-0.2, -0.15) is 5.10 Å². The Balaban J connectivity index is 1.45. The van der Waals surface area contributed by atoms with E-state index in [2.05, 4.69) is 20.0 Å². The van der Waals surface area contributed by atoms with Crippen molar-refractivity contribution in [2.45, 2.75) is 6.92 Å². The summed E-state index contributed by atoms with van der Waals surface area (Å²) in [5.74, 6) is 1.45. The highest BCUT2D eigenvalue weighted by atomic mass is 35.5. The molecule has 0 atom stereocenters. The van der Waals surface area contributed by atoms with Gasteiger partial charge in [0.05, 0.1) is 15.6 Å². The number of carbonyl (C=O) groups is 1. The van der Waals surface area contributed by atoms with Crippen LogP contribution in [0.25, 0.3) is 5.82 Å². The minimum absolute atomic E-state index is 0.0850. The lowest BCUT2D eigenvalue weighted by molar-refractivity contribution is 0.0747. The fourth-order valence-electron chi connectivity index (χ4n) is 2.97. The second-order valence-corrected chi connectivity index (χ2v) is 8.44. The van der Waals surface area contributed by atoms with E-state index in [0.29, 0.717) is 46.2 Å². The minimum Gasteiger partial charge on any atom is -0.353 e. The van der Waals surface area contributed by atoms with Crippen molar-refractivity contribution in [3.05, 3.63) is 50.7 Å². The van der Waals surface area contributed by atoms with Crippen LogP contribution in [0, 0.1) is 6.92 Å². The lowest BCUT2D eigenvalue weighted by Crippen LogP contribution is -2.49. The van der Waals surface area contributed by atoms with E-state index in [-0.39, 0.29) is 5.91 Å². The van der Waals surface area contributed by atoms with Crippen molar-refractivity contribution in [3.8, 4) is 5.82 Å². The van der Waals surface area contributed by atoms with Gasteiger partial charge in [-0.1, -0.05) is 23.2 Å². The highest BCUT2D eigenvalue weighted by Gasteiger charge is 2.25. The van der Waals surface area contributed by atoms with E-state index in [1.165, 1.54) is 17.7 Å². The van der Waals surface area contributed by atoms with E-state index in [9.17, 15) is 4.79 Å². The summed E-state index contributed by atoms with van der Waals surface area (Å²) in [6.45, 7) is 4.46. The van der Waals surface area contributed by atoms with Gasteiger partial charge < -0.3 is 9.80 Å². The molecule has 1 aliphatic heterocycles. The zero-order valence-electron chi connectivity index (χ0n) is 14.5. The predicted molar refractivity (Wildman–Crippen MR) is 106 cm³/mol. The zero-order valence-corrected chi connectivity index (χ0v) is 16.8. The maximum atomic E-state index is 12.7. The summed E-state index contributed by atoms with van der Waals surface area (Å²) in [6, 6.07) is 5.46. The summed E-state index contributed by atoms with van der Waals surface area (Å²) >= 11 is 13.3. The van der Waals surface area contributed by atoms with Gasteiger partial charge >= 0.3 is 0 Å². The van der Waals surface area contributed by atoms with E-state index in [0.717, 1.165) is 11.5 Å². The van der Waals surface area contributed by atoms with Crippen LogP contribution < -0.4 is 4.90 Å². The van der Waals surface area contributed by atoms with Crippen LogP contribution in [0.1, 0.15) is 16.1 Å². The fraction of sp³-hybridized carbons (Fsp3) is 0.294. The molecule has 10 heteroatoms. The largest absolute Gasteiger partial charge is 0.353 e. The summed E-state index contributed by atoms with van der Waals surface area (Å²) in [5, 5.41) is 4.38. The SMILES string of the molecule is Cc1ccn(-c2cc(N3CCN(C(=O)c4cc(Cl)sc4Cl)CC3)ncn2)n1. The highest BCUT2D eigenvalue weighted by Crippen LogP contribution is 2.32. The molecule has 0 saturated carbocycles. The molecular weight excluding hydrogens is 407 g/mol. The maximum Gasteiger partial charge on any atom is 0.256 e. The monoisotopic (exact) mass is 422 g/mol. The summed E-state index contributed by atoms with van der Waals surface area (Å²) < 4.78 is 2.68. The third kappa shape index (κ3) is 3.78. The van der Waals surface area contributed by atoms with Crippen molar-refractivity contribution in [3.63, 3.8) is 0 Å². The number of nitrogens with zero attached hydrogens (tertiary/aromatic N) is 6. The summed E-state index contributed by atoms with van der Waals surface area (Å²) in [5.41, 5.74) is 1.40. The molecule has 0 unspecified atom stereocenters. The van der Waals surface area contributed by atoms with Gasteiger partial charge in [0, 0.05) is 38.4 Å². The molecule has 0 bridgehead atoms. The van der Waals surface area contributed by atoms with Crippen LogP contribution in [0.3, 0.4) is 0 Å². The van der Waals surface area contributed by atoms with Gasteiger partial charge in [-0.25, -0.2) is 14.6 Å². The third-order valence-electron chi connectivity index (χ3n) is 4.37. The first kappa shape index (κ1) is 18.2. The summed E-state index contributed by atoms with van der Waals surface area (Å²) in [6.07, 6.45) is 3.40. The summed E-state index contributed by atoms with van der Waals surface area (Å²) in [4.78, 5) is 25.2. The first-order valence-corrected chi connectivity index (χ1v) is 9.92. The Morgan fingerprint density at radius 2 is 1.85 bits per heavy atom. The van der Waals surface area contributed by atoms with Crippen LogP contribution >= 0.6 is 34.5 Å². The Morgan fingerprint density at radius 3 is 2.48 bits per heavy atom. The van der Waals surface area contributed by atoms with Crippen molar-refractivity contribution >= 4 is 46.3 Å². The van der Waals surface area contributed by atoms with Gasteiger partial charge in [0.25, 0.3) is 5.91 Å². The van der Waals surface area contributed by atoms with Crippen LogP contribution in [0.5, 0.6) is 0 Å². The van der Waals surface area contributed by atoms with Crippen molar-refractivity contribution < 1.29 is 4.79 Å². The number of piperazine rings is 1. The number of thiophene rings is 1.